The number of ether oxygens (including phenoxy) is 5. The largest absolute Gasteiger partial charge is 0.510 e. The average molecular weight is 590 g/mol. The molecule has 0 aliphatic carbocycles. The number of aromatic amines is 1. The summed E-state index contributed by atoms with van der Waals surface area (Å²) in [4.78, 5) is 48.2. The second kappa shape index (κ2) is 15.7. The summed E-state index contributed by atoms with van der Waals surface area (Å²) in [5.41, 5.74) is -1.86. The fourth-order valence-corrected chi connectivity index (χ4v) is 3.25. The van der Waals surface area contributed by atoms with E-state index in [0.29, 0.717) is 4.57 Å². The highest BCUT2D eigenvalue weighted by atomic mass is 31.2. The number of aliphatic hydroxyl groups excluding tert-OH is 2. The molecule has 0 aliphatic heterocycles. The zero-order valence-electron chi connectivity index (χ0n) is 21.8. The molecule has 1 rings (SSSR count). The number of nitrogens with one attached hydrogen (secondary N) is 1. The van der Waals surface area contributed by atoms with Crippen molar-refractivity contribution >= 4 is 20.1 Å². The van der Waals surface area contributed by atoms with Gasteiger partial charge in [-0.05, 0) is 34.6 Å². The quantitative estimate of drug-likeness (QED) is 0.140. The van der Waals surface area contributed by atoms with E-state index < -0.39 is 88.6 Å². The Kier molecular flexibility index (Phi) is 13.7. The number of aromatic nitrogens is 2. The number of hydrogen-bond donors (Lipinski definition) is 3. The first-order valence-corrected chi connectivity index (χ1v) is 12.7. The molecule has 0 fully saturated rings. The summed E-state index contributed by atoms with van der Waals surface area (Å²) in [7, 11) is -4.95. The number of phosphoric ester groups is 1. The lowest BCUT2D eigenvalue weighted by molar-refractivity contribution is -0.265. The van der Waals surface area contributed by atoms with Crippen LogP contribution in [0, 0.1) is 0 Å². The summed E-state index contributed by atoms with van der Waals surface area (Å²) in [6.45, 7) is 2.33. The van der Waals surface area contributed by atoms with Gasteiger partial charge in [0, 0.05) is 12.3 Å². The van der Waals surface area contributed by atoms with E-state index in [4.69, 9.17) is 27.8 Å². The Morgan fingerprint density at radius 2 is 1.54 bits per heavy atom. The summed E-state index contributed by atoms with van der Waals surface area (Å²) in [6, 6.07) is 0.886. The molecule has 0 saturated heterocycles. The molecule has 17 nitrogen and oxygen atoms in total. The van der Waals surface area contributed by atoms with Crippen molar-refractivity contribution in [2.45, 2.75) is 65.0 Å². The van der Waals surface area contributed by atoms with Crippen molar-refractivity contribution in [1.29, 1.82) is 0 Å². The molecule has 0 amide bonds. The number of rotatable bonds is 16. The lowest BCUT2D eigenvalue weighted by atomic mass is 10.2. The predicted octanol–water partition coefficient (Wildman–Crippen LogP) is 1.29. The van der Waals surface area contributed by atoms with E-state index in [1.165, 1.54) is 27.7 Å². The Hall–Kier alpha value is -2.86. The van der Waals surface area contributed by atoms with E-state index in [1.54, 1.807) is 0 Å². The molecule has 0 radical (unpaired) electrons. The predicted molar refractivity (Wildman–Crippen MR) is 125 cm³/mol. The first-order chi connectivity index (χ1) is 18.1. The van der Waals surface area contributed by atoms with Crippen LogP contribution < -0.4 is 11.2 Å². The van der Waals surface area contributed by atoms with Gasteiger partial charge in [0.05, 0.1) is 18.8 Å². The molecule has 224 valence electrons. The second-order valence-electron chi connectivity index (χ2n) is 8.07. The number of hydrogen-bond acceptors (Lipinski definition) is 15. The number of nitrogens with zero attached hydrogens (tertiary/aromatic N) is 1. The third kappa shape index (κ3) is 12.2. The van der Waals surface area contributed by atoms with Gasteiger partial charge in [0.25, 0.3) is 11.4 Å². The molecule has 19 heteroatoms. The minimum absolute atomic E-state index is 0.568. The molecule has 1 heterocycles. The molecule has 1 aromatic heterocycles. The minimum atomic E-state index is -4.95. The fraction of sp³-hybridized carbons (Fsp3) is 0.700. The van der Waals surface area contributed by atoms with Crippen molar-refractivity contribution in [2.24, 2.45) is 0 Å². The Balaban J connectivity index is 3.04. The molecule has 1 aromatic rings. The molecule has 0 spiro atoms. The number of carbonyl (C=O) groups is 2. The number of halogens is 1. The molecule has 0 aromatic carbocycles. The smallest absolute Gasteiger partial charge is 0.432 e. The van der Waals surface area contributed by atoms with Crippen LogP contribution in [-0.4, -0.2) is 83.0 Å². The third-order valence-electron chi connectivity index (χ3n) is 4.13. The molecule has 3 N–H and O–H groups in total. The van der Waals surface area contributed by atoms with Crippen molar-refractivity contribution in [3.63, 3.8) is 0 Å². The van der Waals surface area contributed by atoms with E-state index in [-0.39, 0.29) is 0 Å². The molecule has 0 unspecified atom stereocenters. The number of carbonyl (C=O) groups excluding carboxylic acids is 2. The van der Waals surface area contributed by atoms with Crippen molar-refractivity contribution in [3.05, 3.63) is 33.1 Å². The second-order valence-corrected chi connectivity index (χ2v) is 9.74. The topological polar surface area (TPSA) is 220 Å². The number of aliphatic hydroxyl groups is 2. The Bertz CT molecular complexity index is 1060. The summed E-state index contributed by atoms with van der Waals surface area (Å²) < 4.78 is 67.2. The molecule has 0 aliphatic rings. The summed E-state index contributed by atoms with van der Waals surface area (Å²) in [6.07, 6.45) is -6.54. The van der Waals surface area contributed by atoms with Crippen LogP contribution >= 0.6 is 7.82 Å². The van der Waals surface area contributed by atoms with Crippen molar-refractivity contribution < 1.29 is 66.0 Å². The first kappa shape index (κ1) is 34.2. The molecular weight excluding hydrogens is 558 g/mol. The number of phosphoric acid groups is 1. The van der Waals surface area contributed by atoms with Gasteiger partial charge in [-0.15, -0.1) is 0 Å². The maximum Gasteiger partial charge on any atom is 0.510 e. The number of alkyl halides is 1. The van der Waals surface area contributed by atoms with E-state index in [1.807, 2.05) is 4.98 Å². The molecule has 3 atom stereocenters. The van der Waals surface area contributed by atoms with Crippen molar-refractivity contribution in [1.82, 2.24) is 9.55 Å². The van der Waals surface area contributed by atoms with Crippen LogP contribution in [0.4, 0.5) is 14.0 Å². The average Bonchev–Trinajstić information content (AvgIpc) is 2.80. The summed E-state index contributed by atoms with van der Waals surface area (Å²) in [5.74, 6) is -3.29. The van der Waals surface area contributed by atoms with Crippen LogP contribution in [-0.2, 0) is 41.8 Å². The van der Waals surface area contributed by atoms with Crippen LogP contribution in [0.1, 0.15) is 40.8 Å². The minimum Gasteiger partial charge on any atom is -0.432 e. The van der Waals surface area contributed by atoms with Crippen LogP contribution in [0.5, 0.6) is 0 Å². The molecule has 0 bridgehead atoms. The van der Waals surface area contributed by atoms with Crippen LogP contribution in [0.2, 0.25) is 0 Å². The van der Waals surface area contributed by atoms with Gasteiger partial charge in [0.15, 0.2) is 6.23 Å². The zero-order valence-corrected chi connectivity index (χ0v) is 22.7. The monoisotopic (exact) mass is 590 g/mol. The van der Waals surface area contributed by atoms with Gasteiger partial charge in [-0.1, -0.05) is 0 Å². The van der Waals surface area contributed by atoms with Gasteiger partial charge in [-0.3, -0.25) is 18.9 Å². The lowest BCUT2D eigenvalue weighted by Crippen LogP contribution is -2.47. The zero-order chi connectivity index (χ0) is 29.8. The maximum atomic E-state index is 15.6. The Labute approximate surface area is 221 Å². The maximum absolute atomic E-state index is 15.6. The summed E-state index contributed by atoms with van der Waals surface area (Å²) >= 11 is 0. The van der Waals surface area contributed by atoms with E-state index >= 15 is 4.39 Å². The lowest BCUT2D eigenvalue weighted by Gasteiger charge is -2.32. The van der Waals surface area contributed by atoms with Crippen LogP contribution in [0.25, 0.3) is 0 Å². The van der Waals surface area contributed by atoms with Gasteiger partial charge < -0.3 is 33.9 Å². The van der Waals surface area contributed by atoms with Gasteiger partial charge >= 0.3 is 25.8 Å². The van der Waals surface area contributed by atoms with Gasteiger partial charge in [0.1, 0.15) is 12.7 Å². The highest BCUT2D eigenvalue weighted by Gasteiger charge is 2.44. The standard InChI is InChI=1S/C20H32FN2O15P/c1-12(2)36-18(28)31-10-34-39(30,35-11-32-19(29)37-13(3)4)33-9-20(21,14(5)25)38-16(8-24)23-7-6-15(26)22-17(23)27/h6-7,12-14,16,24-25H,8-11H2,1-5H3,(H,22,26,27)/t14-,16+,20+/m0/s1. The fourth-order valence-electron chi connectivity index (χ4n) is 2.33. The molecular formula is C20H32FN2O15P. The normalized spacial score (nSPS) is 14.9. The van der Waals surface area contributed by atoms with Crippen LogP contribution in [0.15, 0.2) is 21.9 Å². The molecule has 39 heavy (non-hydrogen) atoms. The Morgan fingerprint density at radius 3 is 1.95 bits per heavy atom. The first-order valence-electron chi connectivity index (χ1n) is 11.3. The third-order valence-corrected chi connectivity index (χ3v) is 5.42. The van der Waals surface area contributed by atoms with Gasteiger partial charge in [-0.2, -0.15) is 0 Å². The van der Waals surface area contributed by atoms with Crippen molar-refractivity contribution in [2.75, 3.05) is 26.8 Å². The highest BCUT2D eigenvalue weighted by Crippen LogP contribution is 2.50. The van der Waals surface area contributed by atoms with Gasteiger partial charge in [-0.25, -0.2) is 32.4 Å². The van der Waals surface area contributed by atoms with Gasteiger partial charge in [0.2, 0.25) is 13.6 Å². The number of H-pyrrole nitrogens is 1. The van der Waals surface area contributed by atoms with E-state index in [0.717, 1.165) is 19.2 Å². The molecule has 0 saturated carbocycles. The highest BCUT2D eigenvalue weighted by molar-refractivity contribution is 7.48. The van der Waals surface area contributed by atoms with E-state index in [9.17, 15) is 34.0 Å². The Morgan fingerprint density at radius 1 is 1.03 bits per heavy atom. The van der Waals surface area contributed by atoms with E-state index in [2.05, 4.69) is 9.47 Å². The van der Waals surface area contributed by atoms with Crippen molar-refractivity contribution in [3.8, 4) is 0 Å². The van der Waals surface area contributed by atoms with Crippen LogP contribution in [0.3, 0.4) is 0 Å². The SMILES string of the molecule is CC(C)OC(=O)OCOP(=O)(OCOC(=O)OC(C)C)OC[C@@](F)(O[C@H](CO)n1ccc(=O)[nH]c1=O)[C@H](C)O. The summed E-state index contributed by atoms with van der Waals surface area (Å²) in [5, 5.41) is 19.6.